The Morgan fingerprint density at radius 2 is 2.17 bits per heavy atom. The second-order valence-corrected chi connectivity index (χ2v) is 4.98. The third kappa shape index (κ3) is 5.02. The van der Waals surface area contributed by atoms with Gasteiger partial charge in [-0.2, -0.15) is 0 Å². The van der Waals surface area contributed by atoms with E-state index < -0.39 is 4.92 Å². The Morgan fingerprint density at radius 3 is 2.78 bits per heavy atom. The highest BCUT2D eigenvalue weighted by Crippen LogP contribution is 2.16. The first kappa shape index (κ1) is 14.3. The number of non-ortho nitro benzene ring substituents is 1. The molecule has 0 aliphatic rings. The van der Waals surface area contributed by atoms with Gasteiger partial charge in [-0.3, -0.25) is 14.9 Å². The number of benzene rings is 1. The van der Waals surface area contributed by atoms with E-state index in [9.17, 15) is 14.9 Å². The molecule has 0 N–H and O–H groups in total. The molecule has 0 bridgehead atoms. The van der Waals surface area contributed by atoms with E-state index in [1.165, 1.54) is 30.8 Å². The Balaban J connectivity index is 2.70. The highest BCUT2D eigenvalue weighted by atomic mass is 32.2. The van der Waals surface area contributed by atoms with Crippen LogP contribution in [0.2, 0.25) is 0 Å². The van der Waals surface area contributed by atoms with Crippen LogP contribution < -0.4 is 0 Å². The van der Waals surface area contributed by atoms with Gasteiger partial charge in [0.05, 0.1) is 4.92 Å². The number of aryl methyl sites for hydroxylation is 1. The van der Waals surface area contributed by atoms with Gasteiger partial charge in [0.15, 0.2) is 5.12 Å². The molecular weight excluding hydrogens is 250 g/mol. The number of nitrogens with zero attached hydrogens (tertiary/aromatic N) is 1. The lowest BCUT2D eigenvalue weighted by Crippen LogP contribution is -1.90. The zero-order chi connectivity index (χ0) is 13.5. The van der Waals surface area contributed by atoms with Crippen molar-refractivity contribution in [3.63, 3.8) is 0 Å². The largest absolute Gasteiger partial charge is 0.288 e. The maximum absolute atomic E-state index is 10.7. The van der Waals surface area contributed by atoms with Crippen LogP contribution in [0, 0.1) is 28.9 Å². The number of carbonyl (C=O) groups excluding carboxylic acids is 1. The lowest BCUT2D eigenvalue weighted by Gasteiger charge is -1.96. The summed E-state index contributed by atoms with van der Waals surface area (Å²) in [7, 11) is 0. The van der Waals surface area contributed by atoms with Crippen LogP contribution in [0.15, 0.2) is 18.2 Å². The molecule has 0 aromatic heterocycles. The van der Waals surface area contributed by atoms with Crippen molar-refractivity contribution in [1.82, 2.24) is 0 Å². The average Bonchev–Trinajstić information content (AvgIpc) is 2.27. The van der Waals surface area contributed by atoms with Crippen molar-refractivity contribution >= 4 is 22.6 Å². The lowest BCUT2D eigenvalue weighted by molar-refractivity contribution is -0.384. The minimum atomic E-state index is -0.427. The summed E-state index contributed by atoms with van der Waals surface area (Å²) in [5, 5.41) is 10.7. The van der Waals surface area contributed by atoms with Crippen molar-refractivity contribution in [3.05, 3.63) is 39.4 Å². The molecule has 0 heterocycles. The first-order valence-corrected chi connectivity index (χ1v) is 6.36. The van der Waals surface area contributed by atoms with Gasteiger partial charge >= 0.3 is 0 Å². The predicted octanol–water partition coefficient (Wildman–Crippen LogP) is 2.92. The van der Waals surface area contributed by atoms with Crippen molar-refractivity contribution < 1.29 is 9.72 Å². The Bertz CT molecular complexity index is 529. The summed E-state index contributed by atoms with van der Waals surface area (Å²) in [6.45, 7) is 3.31. The van der Waals surface area contributed by atoms with Gasteiger partial charge in [-0.25, -0.2) is 0 Å². The van der Waals surface area contributed by atoms with Gasteiger partial charge in [0, 0.05) is 36.8 Å². The third-order valence-electron chi connectivity index (χ3n) is 2.04. The molecule has 0 saturated heterocycles. The smallest absolute Gasteiger partial charge is 0.270 e. The highest BCUT2D eigenvalue weighted by molar-refractivity contribution is 8.13. The van der Waals surface area contributed by atoms with Crippen LogP contribution >= 0.6 is 11.8 Å². The van der Waals surface area contributed by atoms with Crippen molar-refractivity contribution in [3.8, 4) is 11.8 Å². The van der Waals surface area contributed by atoms with Crippen LogP contribution in [0.25, 0.3) is 0 Å². The zero-order valence-electron chi connectivity index (χ0n) is 10.2. The van der Waals surface area contributed by atoms with Crippen LogP contribution in [-0.2, 0) is 4.79 Å². The van der Waals surface area contributed by atoms with Crippen molar-refractivity contribution in [2.75, 3.05) is 5.75 Å². The molecule has 0 atom stereocenters. The molecule has 0 amide bonds. The minimum Gasteiger partial charge on any atom is -0.288 e. The summed E-state index contributed by atoms with van der Waals surface area (Å²) in [4.78, 5) is 20.9. The SMILES string of the molecule is CC(=O)SCCC#Cc1cc(C)cc([N+](=O)[O-])c1. The predicted molar refractivity (Wildman–Crippen MR) is 72.5 cm³/mol. The molecule has 0 fully saturated rings. The van der Waals surface area contributed by atoms with E-state index in [0.29, 0.717) is 17.7 Å². The molecule has 94 valence electrons. The number of hydrogen-bond acceptors (Lipinski definition) is 4. The van der Waals surface area contributed by atoms with Crippen LogP contribution in [0.4, 0.5) is 5.69 Å². The molecular formula is C13H13NO3S. The fourth-order valence-corrected chi connectivity index (χ4v) is 1.84. The minimum absolute atomic E-state index is 0.0532. The van der Waals surface area contributed by atoms with Gasteiger partial charge in [0.25, 0.3) is 5.69 Å². The molecule has 5 heteroatoms. The molecule has 0 aliphatic carbocycles. The summed E-state index contributed by atoms with van der Waals surface area (Å²) in [6, 6.07) is 4.77. The van der Waals surface area contributed by atoms with Crippen molar-refractivity contribution in [2.45, 2.75) is 20.3 Å². The number of hydrogen-bond donors (Lipinski definition) is 0. The molecule has 1 aromatic rings. The first-order valence-electron chi connectivity index (χ1n) is 5.37. The molecule has 1 rings (SSSR count). The molecule has 0 spiro atoms. The zero-order valence-corrected chi connectivity index (χ0v) is 11.0. The monoisotopic (exact) mass is 263 g/mol. The van der Waals surface area contributed by atoms with E-state index in [0.717, 1.165) is 5.56 Å². The van der Waals surface area contributed by atoms with Crippen molar-refractivity contribution in [1.29, 1.82) is 0 Å². The number of thioether (sulfide) groups is 1. The summed E-state index contributed by atoms with van der Waals surface area (Å²) in [6.07, 6.45) is 0.589. The van der Waals surface area contributed by atoms with Gasteiger partial charge in [-0.15, -0.1) is 0 Å². The fourth-order valence-electron chi connectivity index (χ4n) is 1.35. The third-order valence-corrected chi connectivity index (χ3v) is 2.85. The number of nitro benzene ring substituents is 1. The molecule has 4 nitrogen and oxygen atoms in total. The van der Waals surface area contributed by atoms with Crippen LogP contribution in [-0.4, -0.2) is 15.8 Å². The second-order valence-electron chi connectivity index (χ2n) is 3.71. The maximum atomic E-state index is 10.7. The van der Waals surface area contributed by atoms with E-state index >= 15 is 0 Å². The Labute approximate surface area is 110 Å². The number of rotatable bonds is 3. The standard InChI is InChI=1S/C13H13NO3S/c1-10-7-12(9-13(8-10)14(16)17)5-3-4-6-18-11(2)15/h7-9H,4,6H2,1-2H3. The van der Waals surface area contributed by atoms with Gasteiger partial charge in [-0.1, -0.05) is 23.6 Å². The topological polar surface area (TPSA) is 60.2 Å². The summed E-state index contributed by atoms with van der Waals surface area (Å²) in [5.74, 6) is 6.43. The summed E-state index contributed by atoms with van der Waals surface area (Å²) >= 11 is 1.23. The number of carbonyl (C=O) groups is 1. The molecule has 0 saturated carbocycles. The molecule has 18 heavy (non-hydrogen) atoms. The van der Waals surface area contributed by atoms with Gasteiger partial charge in [-0.05, 0) is 18.6 Å². The maximum Gasteiger partial charge on any atom is 0.270 e. The van der Waals surface area contributed by atoms with Crippen molar-refractivity contribution in [2.24, 2.45) is 0 Å². The summed E-state index contributed by atoms with van der Waals surface area (Å²) < 4.78 is 0. The Morgan fingerprint density at radius 1 is 1.44 bits per heavy atom. The molecule has 0 aliphatic heterocycles. The van der Waals surface area contributed by atoms with E-state index in [1.54, 1.807) is 13.0 Å². The van der Waals surface area contributed by atoms with Crippen LogP contribution in [0.5, 0.6) is 0 Å². The van der Waals surface area contributed by atoms with Gasteiger partial charge < -0.3 is 0 Å². The Kier molecular flexibility index (Phi) is 5.40. The summed E-state index contributed by atoms with van der Waals surface area (Å²) in [5.41, 5.74) is 1.50. The lowest BCUT2D eigenvalue weighted by atomic mass is 10.1. The van der Waals surface area contributed by atoms with Gasteiger partial charge in [0.1, 0.15) is 0 Å². The van der Waals surface area contributed by atoms with E-state index in [-0.39, 0.29) is 10.8 Å². The second kappa shape index (κ2) is 6.82. The molecule has 1 aromatic carbocycles. The fraction of sp³-hybridized carbons (Fsp3) is 0.308. The average molecular weight is 263 g/mol. The first-order chi connectivity index (χ1) is 8.49. The normalized spacial score (nSPS) is 9.44. The van der Waals surface area contributed by atoms with E-state index in [1.807, 2.05) is 0 Å². The van der Waals surface area contributed by atoms with Crippen LogP contribution in [0.1, 0.15) is 24.5 Å². The van der Waals surface area contributed by atoms with Gasteiger partial charge in [0.2, 0.25) is 0 Å². The van der Waals surface area contributed by atoms with Crippen LogP contribution in [0.3, 0.4) is 0 Å². The quantitative estimate of drug-likeness (QED) is 0.364. The molecule has 0 radical (unpaired) electrons. The number of nitro groups is 1. The van der Waals surface area contributed by atoms with E-state index in [4.69, 9.17) is 0 Å². The van der Waals surface area contributed by atoms with E-state index in [2.05, 4.69) is 11.8 Å². The highest BCUT2D eigenvalue weighted by Gasteiger charge is 2.06. The molecule has 0 unspecified atom stereocenters. The Hall–Kier alpha value is -1.80.